The molecule has 2 aromatic heterocycles. The van der Waals surface area contributed by atoms with E-state index < -0.39 is 0 Å². The molecule has 9 heteroatoms. The zero-order valence-electron chi connectivity index (χ0n) is 15.8. The van der Waals surface area contributed by atoms with Crippen LogP contribution in [0.15, 0.2) is 44.8 Å². The van der Waals surface area contributed by atoms with Crippen LogP contribution in [-0.4, -0.2) is 39.6 Å². The second-order valence-electron chi connectivity index (χ2n) is 6.08. The normalized spacial score (nSPS) is 11.1. The van der Waals surface area contributed by atoms with Gasteiger partial charge >= 0.3 is 0 Å². The van der Waals surface area contributed by atoms with E-state index in [1.165, 1.54) is 11.8 Å². The molecule has 0 atom stereocenters. The highest BCUT2D eigenvalue weighted by atomic mass is 32.2. The first kappa shape index (κ1) is 20.1. The fraction of sp³-hybridized carbons (Fsp3) is 0.368. The molecule has 0 unspecified atom stereocenters. The third-order valence-corrected chi connectivity index (χ3v) is 4.91. The van der Waals surface area contributed by atoms with Crippen LogP contribution < -0.4 is 10.9 Å². The van der Waals surface area contributed by atoms with E-state index in [2.05, 4.69) is 15.5 Å². The van der Waals surface area contributed by atoms with Crippen LogP contribution in [0.3, 0.4) is 0 Å². The fourth-order valence-corrected chi connectivity index (χ4v) is 3.48. The lowest BCUT2D eigenvalue weighted by Gasteiger charge is -2.13. The summed E-state index contributed by atoms with van der Waals surface area (Å²) in [6.45, 7) is 5.35. The highest BCUT2D eigenvalue weighted by Crippen LogP contribution is 2.19. The molecule has 3 aromatic rings. The Morgan fingerprint density at radius 3 is 2.93 bits per heavy atom. The van der Waals surface area contributed by atoms with Gasteiger partial charge < -0.3 is 14.6 Å². The first-order valence-corrected chi connectivity index (χ1v) is 10.0. The van der Waals surface area contributed by atoms with E-state index in [1.807, 2.05) is 19.1 Å². The average Bonchev–Trinajstić information content (AvgIpc) is 3.09. The Morgan fingerprint density at radius 1 is 1.36 bits per heavy atom. The van der Waals surface area contributed by atoms with Crippen molar-refractivity contribution in [2.75, 3.05) is 24.3 Å². The molecule has 1 amide bonds. The molecule has 0 aliphatic heterocycles. The lowest BCUT2D eigenvalue weighted by atomic mass is 10.2. The number of nitrogens with one attached hydrogen (secondary N) is 1. The molecule has 148 valence electrons. The van der Waals surface area contributed by atoms with Crippen LogP contribution in [-0.2, 0) is 16.1 Å². The van der Waals surface area contributed by atoms with Crippen molar-refractivity contribution in [3.8, 4) is 0 Å². The predicted octanol–water partition coefficient (Wildman–Crippen LogP) is 2.85. The van der Waals surface area contributed by atoms with Gasteiger partial charge in [0.25, 0.3) is 5.56 Å². The standard InChI is InChI=1S/C19H22N4O4S/c1-3-26-10-6-9-23-18(25)14-7-4-5-8-15(14)20-19(23)28-12-17(24)21-16-11-13(2)27-22-16/h4-5,7-8,11H,3,6,9-10,12H2,1-2H3,(H,21,22,24). The molecule has 0 bridgehead atoms. The molecule has 0 spiro atoms. The maximum atomic E-state index is 12.9. The molecule has 0 fully saturated rings. The summed E-state index contributed by atoms with van der Waals surface area (Å²) >= 11 is 1.21. The molecule has 2 heterocycles. The van der Waals surface area contributed by atoms with Crippen molar-refractivity contribution < 1.29 is 14.1 Å². The first-order chi connectivity index (χ1) is 13.6. The molecule has 0 radical (unpaired) electrons. The van der Waals surface area contributed by atoms with Crippen LogP contribution in [0.2, 0.25) is 0 Å². The Balaban J connectivity index is 1.77. The third-order valence-electron chi connectivity index (χ3n) is 3.93. The van der Waals surface area contributed by atoms with E-state index in [1.54, 1.807) is 29.7 Å². The SMILES string of the molecule is CCOCCCn1c(SCC(=O)Nc2cc(C)on2)nc2ccccc2c1=O. The summed E-state index contributed by atoms with van der Waals surface area (Å²) in [5, 5.41) is 7.47. The summed E-state index contributed by atoms with van der Waals surface area (Å²) in [5.41, 5.74) is 0.501. The molecule has 1 aromatic carbocycles. The van der Waals surface area contributed by atoms with Crippen LogP contribution in [0, 0.1) is 6.92 Å². The number of fused-ring (bicyclic) bond motifs is 1. The number of rotatable bonds is 9. The van der Waals surface area contributed by atoms with Crippen molar-refractivity contribution in [3.05, 3.63) is 46.4 Å². The van der Waals surface area contributed by atoms with Crippen LogP contribution >= 0.6 is 11.8 Å². The van der Waals surface area contributed by atoms with Gasteiger partial charge in [0.1, 0.15) is 5.76 Å². The van der Waals surface area contributed by atoms with Crippen LogP contribution in [0.5, 0.6) is 0 Å². The summed E-state index contributed by atoms with van der Waals surface area (Å²) in [6, 6.07) is 8.85. The third kappa shape index (κ3) is 4.99. The quantitative estimate of drug-likeness (QED) is 0.334. The molecule has 0 saturated heterocycles. The van der Waals surface area contributed by atoms with E-state index in [4.69, 9.17) is 9.26 Å². The number of aryl methyl sites for hydroxylation is 1. The molecular weight excluding hydrogens is 380 g/mol. The number of nitrogens with zero attached hydrogens (tertiary/aromatic N) is 3. The van der Waals surface area contributed by atoms with Crippen LogP contribution in [0.1, 0.15) is 19.1 Å². The van der Waals surface area contributed by atoms with Gasteiger partial charge in [-0.05, 0) is 32.4 Å². The maximum absolute atomic E-state index is 12.9. The van der Waals surface area contributed by atoms with E-state index in [-0.39, 0.29) is 17.2 Å². The molecule has 1 N–H and O–H groups in total. The fourth-order valence-electron chi connectivity index (χ4n) is 2.66. The topological polar surface area (TPSA) is 99.2 Å². The number of amides is 1. The molecule has 0 aliphatic carbocycles. The highest BCUT2D eigenvalue weighted by Gasteiger charge is 2.14. The summed E-state index contributed by atoms with van der Waals surface area (Å²) in [4.78, 5) is 29.7. The Hall–Kier alpha value is -2.65. The number of carbonyl (C=O) groups excluding carboxylic acids is 1. The minimum Gasteiger partial charge on any atom is -0.382 e. The molecular formula is C19H22N4O4S. The van der Waals surface area contributed by atoms with Gasteiger partial charge in [-0.2, -0.15) is 0 Å². The van der Waals surface area contributed by atoms with Crippen molar-refractivity contribution in [3.63, 3.8) is 0 Å². The number of para-hydroxylation sites is 1. The van der Waals surface area contributed by atoms with E-state index in [9.17, 15) is 9.59 Å². The van der Waals surface area contributed by atoms with Crippen LogP contribution in [0.25, 0.3) is 10.9 Å². The number of hydrogen-bond donors (Lipinski definition) is 1. The molecule has 0 aliphatic rings. The van der Waals surface area contributed by atoms with Gasteiger partial charge in [-0.15, -0.1) is 0 Å². The lowest BCUT2D eigenvalue weighted by molar-refractivity contribution is -0.113. The van der Waals surface area contributed by atoms with Gasteiger partial charge in [-0.1, -0.05) is 29.1 Å². The Labute approximate surface area is 166 Å². The number of ether oxygens (including phenoxy) is 1. The number of hydrogen-bond acceptors (Lipinski definition) is 7. The molecule has 3 rings (SSSR count). The number of benzene rings is 1. The number of aromatic nitrogens is 3. The molecule has 28 heavy (non-hydrogen) atoms. The smallest absolute Gasteiger partial charge is 0.262 e. The zero-order valence-corrected chi connectivity index (χ0v) is 16.6. The van der Waals surface area contributed by atoms with Crippen LogP contribution in [0.4, 0.5) is 5.82 Å². The lowest BCUT2D eigenvalue weighted by Crippen LogP contribution is -2.25. The van der Waals surface area contributed by atoms with Crippen molar-refractivity contribution in [2.24, 2.45) is 0 Å². The minimum absolute atomic E-state index is 0.0994. The van der Waals surface area contributed by atoms with E-state index in [0.29, 0.717) is 53.8 Å². The second-order valence-corrected chi connectivity index (χ2v) is 7.02. The van der Waals surface area contributed by atoms with Crippen molar-refractivity contribution in [2.45, 2.75) is 32.0 Å². The Morgan fingerprint density at radius 2 is 2.18 bits per heavy atom. The Kier molecular flexibility index (Phi) is 6.83. The van der Waals surface area contributed by atoms with Gasteiger partial charge in [0, 0.05) is 25.8 Å². The second kappa shape index (κ2) is 9.52. The van der Waals surface area contributed by atoms with Gasteiger partial charge in [0.05, 0.1) is 16.7 Å². The highest BCUT2D eigenvalue weighted by molar-refractivity contribution is 7.99. The summed E-state index contributed by atoms with van der Waals surface area (Å²) in [7, 11) is 0. The van der Waals surface area contributed by atoms with Crippen molar-refractivity contribution in [1.82, 2.24) is 14.7 Å². The largest absolute Gasteiger partial charge is 0.382 e. The Bertz CT molecular complexity index is 1010. The average molecular weight is 402 g/mol. The molecule has 0 saturated carbocycles. The van der Waals surface area contributed by atoms with E-state index in [0.717, 1.165) is 0 Å². The summed E-state index contributed by atoms with van der Waals surface area (Å²) in [6.07, 6.45) is 0.686. The minimum atomic E-state index is -0.249. The zero-order chi connectivity index (χ0) is 19.9. The predicted molar refractivity (Wildman–Crippen MR) is 108 cm³/mol. The van der Waals surface area contributed by atoms with E-state index >= 15 is 0 Å². The summed E-state index contributed by atoms with van der Waals surface area (Å²) < 4.78 is 11.9. The number of carbonyl (C=O) groups is 1. The number of thioether (sulfide) groups is 1. The maximum Gasteiger partial charge on any atom is 0.262 e. The van der Waals surface area contributed by atoms with Gasteiger partial charge in [-0.3, -0.25) is 14.2 Å². The first-order valence-electron chi connectivity index (χ1n) is 9.01. The summed E-state index contributed by atoms with van der Waals surface area (Å²) in [5.74, 6) is 0.829. The number of anilines is 1. The van der Waals surface area contributed by atoms with Gasteiger partial charge in [0.2, 0.25) is 5.91 Å². The van der Waals surface area contributed by atoms with Crippen molar-refractivity contribution >= 4 is 34.4 Å². The van der Waals surface area contributed by atoms with Gasteiger partial charge in [-0.25, -0.2) is 4.98 Å². The monoisotopic (exact) mass is 402 g/mol. The van der Waals surface area contributed by atoms with Gasteiger partial charge in [0.15, 0.2) is 11.0 Å². The molecule has 8 nitrogen and oxygen atoms in total. The van der Waals surface area contributed by atoms with Crippen molar-refractivity contribution in [1.29, 1.82) is 0 Å².